The smallest absolute Gasteiger partial charge is 0.476 e. The average molecular weight is 1430 g/mol. The molecule has 0 atom stereocenters. The molecule has 10 rings (SSSR count). The summed E-state index contributed by atoms with van der Waals surface area (Å²) >= 11 is 3.06. The zero-order valence-electron chi connectivity index (χ0n) is 52.3. The highest BCUT2D eigenvalue weighted by Gasteiger charge is 2.21. The third-order valence-electron chi connectivity index (χ3n) is 12.7. The number of methoxy groups -OCH3 is 2. The Morgan fingerprint density at radius 1 is 0.485 bits per heavy atom. The van der Waals surface area contributed by atoms with Crippen molar-refractivity contribution in [1.29, 1.82) is 0 Å². The van der Waals surface area contributed by atoms with E-state index in [1.807, 2.05) is 113 Å². The maximum absolute atomic E-state index is 14.0. The summed E-state index contributed by atoms with van der Waals surface area (Å²) in [5.41, 5.74) is 36.6. The number of aromatic nitrogens is 8. The Bertz CT molecular complexity index is 4690. The van der Waals surface area contributed by atoms with E-state index in [0.29, 0.717) is 27.1 Å². The third kappa shape index (κ3) is 23.1. The number of ketones is 1. The van der Waals surface area contributed by atoms with Gasteiger partial charge in [-0.1, -0.05) is 125 Å². The van der Waals surface area contributed by atoms with Crippen molar-refractivity contribution in [2.45, 2.75) is 43.9 Å². The predicted octanol–water partition coefficient (Wildman–Crippen LogP) is 6.14. The molecule has 0 aliphatic rings. The second-order valence-corrected chi connectivity index (χ2v) is 24.1. The van der Waals surface area contributed by atoms with Crippen LogP contribution in [0.2, 0.25) is 0 Å². The van der Waals surface area contributed by atoms with E-state index in [4.69, 9.17) is 54.1 Å². The van der Waals surface area contributed by atoms with Crippen molar-refractivity contribution in [2.75, 3.05) is 42.9 Å². The molecule has 0 radical (unpaired) electrons. The van der Waals surface area contributed by atoms with Crippen molar-refractivity contribution in [3.8, 4) is 33.8 Å². The summed E-state index contributed by atoms with van der Waals surface area (Å²) in [5.74, 6) is -4.78. The number of carbonyl (C=O) groups excluding carboxylic acids is 3. The predicted molar refractivity (Wildman–Crippen MR) is 363 cm³/mol. The quantitative estimate of drug-likeness (QED) is 0.0284. The summed E-state index contributed by atoms with van der Waals surface area (Å²) in [6.07, 6.45) is 5.65. The molecule has 0 bridgehead atoms. The van der Waals surface area contributed by atoms with E-state index >= 15 is 0 Å². The number of carboxylic acids is 1. The van der Waals surface area contributed by atoms with Crippen molar-refractivity contribution in [2.24, 2.45) is 10.3 Å². The van der Waals surface area contributed by atoms with Gasteiger partial charge in [-0.05, 0) is 85.0 Å². The molecule has 504 valence electrons. The largest absolute Gasteiger partial charge is 0.488 e. The molecule has 0 unspecified atom stereocenters. The minimum Gasteiger partial charge on any atom is -0.476 e. The normalized spacial score (nSPS) is 10.5. The van der Waals surface area contributed by atoms with Crippen molar-refractivity contribution in [3.05, 3.63) is 225 Å². The number of nitrogen functional groups attached to an aromatic ring is 5. The van der Waals surface area contributed by atoms with Gasteiger partial charge in [-0.25, -0.2) is 90.1 Å². The van der Waals surface area contributed by atoms with Gasteiger partial charge in [0, 0.05) is 28.8 Å². The van der Waals surface area contributed by atoms with Crippen LogP contribution in [0.15, 0.2) is 173 Å². The molecule has 28 nitrogen and oxygen atoms in total. The number of ether oxygens (including phenoxy) is 2. The molecule has 4 aromatic heterocycles. The number of carboxylic acid groups (broad SMARTS) is 1. The number of carbonyl (C=O) groups is 4. The Morgan fingerprint density at radius 3 is 1.20 bits per heavy atom. The molecule has 0 spiro atoms. The van der Waals surface area contributed by atoms with Gasteiger partial charge in [0.25, 0.3) is 0 Å². The van der Waals surface area contributed by atoms with E-state index in [1.165, 1.54) is 51.1 Å². The highest BCUT2D eigenvalue weighted by Crippen LogP contribution is 2.24. The summed E-state index contributed by atoms with van der Waals surface area (Å²) in [6.45, 7) is 7.88. The lowest BCUT2D eigenvalue weighted by Gasteiger charge is -2.08. The van der Waals surface area contributed by atoms with Gasteiger partial charge in [0.1, 0.15) is 31.7 Å². The van der Waals surface area contributed by atoms with Gasteiger partial charge >= 0.3 is 25.0 Å². The van der Waals surface area contributed by atoms with E-state index in [0.717, 1.165) is 63.2 Å². The molecule has 0 saturated carbocycles. The van der Waals surface area contributed by atoms with Crippen LogP contribution < -0.4 is 44.4 Å². The van der Waals surface area contributed by atoms with E-state index in [-0.39, 0.29) is 63.7 Å². The highest BCUT2D eigenvalue weighted by atomic mass is 79.9. The van der Waals surface area contributed by atoms with E-state index in [9.17, 15) is 44.8 Å². The molecule has 0 saturated heterocycles. The van der Waals surface area contributed by atoms with Gasteiger partial charge in [0.2, 0.25) is 20.0 Å². The van der Waals surface area contributed by atoms with Crippen molar-refractivity contribution in [3.63, 3.8) is 0 Å². The topological polar surface area (TPSA) is 501 Å². The van der Waals surface area contributed by atoms with Gasteiger partial charge in [-0.2, -0.15) is 0 Å². The van der Waals surface area contributed by atoms with Gasteiger partial charge in [0.05, 0.1) is 56.1 Å². The third-order valence-corrected chi connectivity index (χ3v) is 15.0. The van der Waals surface area contributed by atoms with Crippen LogP contribution in [0.5, 0.6) is 0 Å². The zero-order chi connectivity index (χ0) is 72.1. The molecule has 6 aromatic carbocycles. The van der Waals surface area contributed by atoms with Gasteiger partial charge in [0.15, 0.2) is 46.1 Å². The Morgan fingerprint density at radius 2 is 0.825 bits per heavy atom. The standard InChI is InChI=1S/C19H17FN4O3S.C13H13N3O2.C12H11N3O2.C7H9BO2.C6H6BrN3O2.C6H7FN2O2S/c1-11-2-5-13(6-3-11)15-10-23-19(21)18(24-15)16(25)9-12-4-7-17(14(20)8-12)28(22,26)27;1-8-3-5-9(6-4-8)10-7-15-12(14)11(16-10)13(17)18-2;1-7-2-4-8(5-3-7)9-6-14-11(13)10(15-9)12(16)17;1-6-2-4-7(5-3-6)8(9)10;1-12-6(11)4-5(8)9-2-3(7)10-4;7-5-3-4(8)1-2-6(5)12(9,10)11/h2-8,10H,9H2,1H3,(H2,21,23)(H2,22,26,27);3-7H,1-2H3,(H2,14,15);2-6H,1H3,(H2,13,14)(H,16,17);2-5,9-10H,1H3;2H,1H3,(H2,8,9);1-3H,8H2,(H2,9,10,11). The summed E-state index contributed by atoms with van der Waals surface area (Å²) < 4.78 is 80.1. The van der Waals surface area contributed by atoms with Crippen LogP contribution in [0.3, 0.4) is 0 Å². The summed E-state index contributed by atoms with van der Waals surface area (Å²) in [7, 11) is -6.97. The summed E-state index contributed by atoms with van der Waals surface area (Å²) in [5, 5.41) is 35.9. The minimum absolute atomic E-state index is 0.0203. The van der Waals surface area contributed by atoms with Crippen LogP contribution in [0.1, 0.15) is 69.8 Å². The van der Waals surface area contributed by atoms with E-state index in [2.05, 4.69) is 65.3 Å². The first-order chi connectivity index (χ1) is 45.6. The first-order valence-corrected chi connectivity index (χ1v) is 31.6. The fraction of sp³-hybridized carbons (Fsp3) is 0.111. The first-order valence-electron chi connectivity index (χ1n) is 27.7. The first kappa shape index (κ1) is 76.6. The van der Waals surface area contributed by atoms with Crippen LogP contribution in [0.25, 0.3) is 33.8 Å². The zero-order valence-corrected chi connectivity index (χ0v) is 55.5. The number of hydrogen-bond acceptors (Lipinski definition) is 25. The lowest BCUT2D eigenvalue weighted by molar-refractivity contribution is 0.0586. The van der Waals surface area contributed by atoms with Crippen LogP contribution in [0.4, 0.5) is 37.7 Å². The van der Waals surface area contributed by atoms with Gasteiger partial charge in [-0.3, -0.25) is 4.79 Å². The van der Waals surface area contributed by atoms with Crippen molar-refractivity contribution < 1.29 is 69.4 Å². The number of primary sulfonamides is 2. The van der Waals surface area contributed by atoms with Gasteiger partial charge in [-0.15, -0.1) is 0 Å². The second kappa shape index (κ2) is 34.9. The number of aromatic carboxylic acids is 1. The fourth-order valence-corrected chi connectivity index (χ4v) is 9.12. The number of aryl methyl sites for hydroxylation is 4. The number of sulfonamides is 2. The molecule has 17 N–H and O–H groups in total. The van der Waals surface area contributed by atoms with E-state index in [1.54, 1.807) is 12.1 Å². The molecule has 4 heterocycles. The number of nitrogens with two attached hydrogens (primary N) is 7. The molecular weight excluding hydrogens is 1370 g/mol. The number of halogens is 3. The molecule has 34 heteroatoms. The Kier molecular flexibility index (Phi) is 27.5. The lowest BCUT2D eigenvalue weighted by Crippen LogP contribution is -2.29. The maximum atomic E-state index is 14.0. The molecule has 97 heavy (non-hydrogen) atoms. The second-order valence-electron chi connectivity index (χ2n) is 20.2. The number of anilines is 5. The monoisotopic (exact) mass is 1430 g/mol. The molecular formula is C63H63BBrF2N15O13S2. The summed E-state index contributed by atoms with van der Waals surface area (Å²) in [4.78, 5) is 76.5. The minimum atomic E-state index is -4.18. The number of rotatable bonds is 12. The fourth-order valence-electron chi connectivity index (χ4n) is 7.66. The molecule has 0 amide bonds. The number of hydrogen-bond donors (Lipinski definition) is 10. The molecule has 10 aromatic rings. The van der Waals surface area contributed by atoms with Crippen molar-refractivity contribution in [1.82, 2.24) is 39.9 Å². The Hall–Kier alpha value is -11.1. The molecule has 0 aliphatic carbocycles. The van der Waals surface area contributed by atoms with Crippen LogP contribution in [-0.4, -0.2) is 117 Å². The maximum Gasteiger partial charge on any atom is 0.488 e. The molecule has 0 aliphatic heterocycles. The number of nitrogens with zero attached hydrogens (tertiary/aromatic N) is 8. The highest BCUT2D eigenvalue weighted by molar-refractivity contribution is 9.10. The number of esters is 2. The SMILES string of the molecule is COC(=O)c1nc(-c2ccc(C)cc2)cnc1N.COC(=O)c1nc(Br)cnc1N.Cc1ccc(-c2cnc(N)c(C(=O)Cc3ccc(S(N)(=O)=O)c(F)c3)n2)cc1.Cc1ccc(-c2cnc(N)c(C(=O)O)n2)cc1.Cc1ccc(B(O)O)cc1.Nc1ccc(S(N)(=O)=O)c(F)c1. The summed E-state index contributed by atoms with van der Waals surface area (Å²) in [6, 6.07) is 36.4. The van der Waals surface area contributed by atoms with Crippen LogP contribution >= 0.6 is 15.9 Å². The van der Waals surface area contributed by atoms with E-state index < -0.39 is 72.3 Å². The number of Topliss-reactive ketones (excluding diaryl/α,β-unsaturated/α-hetero) is 1. The van der Waals surface area contributed by atoms with Gasteiger partial charge < -0.3 is 53.3 Å². The van der Waals surface area contributed by atoms with Crippen molar-refractivity contribution >= 4 is 101 Å². The van der Waals surface area contributed by atoms with Crippen LogP contribution in [0, 0.1) is 39.3 Å². The molecule has 0 fully saturated rings. The lowest BCUT2D eigenvalue weighted by atomic mass is 9.80. The Labute approximate surface area is 563 Å². The Balaban J connectivity index is 0.000000218. The number of benzene rings is 6. The average Bonchev–Trinajstić information content (AvgIpc) is 0.841. The van der Waals surface area contributed by atoms with Crippen LogP contribution in [-0.2, 0) is 35.9 Å².